The highest BCUT2D eigenvalue weighted by molar-refractivity contribution is 6.30. The molecule has 0 saturated carbocycles. The zero-order chi connectivity index (χ0) is 21.6. The Hall–Kier alpha value is -3.49. The molecular formula is C25H22ClN3O2. The first-order valence-electron chi connectivity index (χ1n) is 10.0. The number of halogens is 1. The van der Waals surface area contributed by atoms with E-state index in [2.05, 4.69) is 21.7 Å². The molecule has 0 aliphatic carbocycles. The van der Waals surface area contributed by atoms with E-state index in [1.807, 2.05) is 35.2 Å². The standard InChI is InChI=1S/C25H22ClN3O2/c1-31-23-11-10-21(18-20(23)9-8-19-5-4-6-22(26)17-19)25(30)29-15-13-28(14-16-29)24-7-2-3-12-27-24/h2-7,10-12,17-18H,13-16H2,1H3. The molecular weight excluding hydrogens is 410 g/mol. The molecule has 4 rings (SSSR count). The van der Waals surface area contributed by atoms with Gasteiger partial charge in [0.25, 0.3) is 5.91 Å². The molecule has 31 heavy (non-hydrogen) atoms. The number of ether oxygens (including phenoxy) is 1. The van der Waals surface area contributed by atoms with Gasteiger partial charge in [-0.25, -0.2) is 4.98 Å². The Bertz CT molecular complexity index is 1130. The maximum absolute atomic E-state index is 13.1. The summed E-state index contributed by atoms with van der Waals surface area (Å²) in [6.45, 7) is 2.79. The van der Waals surface area contributed by atoms with Crippen molar-refractivity contribution in [3.8, 4) is 17.6 Å². The molecule has 1 saturated heterocycles. The van der Waals surface area contributed by atoms with Crippen molar-refractivity contribution in [2.75, 3.05) is 38.2 Å². The van der Waals surface area contributed by atoms with E-state index in [0.29, 0.717) is 35.0 Å². The van der Waals surface area contributed by atoms with Gasteiger partial charge in [0.05, 0.1) is 12.7 Å². The predicted molar refractivity (Wildman–Crippen MR) is 123 cm³/mol. The topological polar surface area (TPSA) is 45.7 Å². The Kier molecular flexibility index (Phi) is 6.40. The summed E-state index contributed by atoms with van der Waals surface area (Å²) in [5.74, 6) is 7.77. The Morgan fingerprint density at radius 2 is 1.84 bits per heavy atom. The van der Waals surface area contributed by atoms with E-state index in [4.69, 9.17) is 16.3 Å². The van der Waals surface area contributed by atoms with Gasteiger partial charge in [0.1, 0.15) is 11.6 Å². The van der Waals surface area contributed by atoms with Gasteiger partial charge in [0, 0.05) is 48.5 Å². The number of carbonyl (C=O) groups is 1. The van der Waals surface area contributed by atoms with Gasteiger partial charge in [-0.05, 0) is 48.5 Å². The summed E-state index contributed by atoms with van der Waals surface area (Å²) in [5, 5.41) is 0.632. The number of amides is 1. The Balaban J connectivity index is 1.50. The fourth-order valence-corrected chi connectivity index (χ4v) is 3.70. The fraction of sp³-hybridized carbons (Fsp3) is 0.200. The normalized spacial score (nSPS) is 13.4. The first-order valence-corrected chi connectivity index (χ1v) is 10.4. The highest BCUT2D eigenvalue weighted by atomic mass is 35.5. The second-order valence-corrected chi connectivity index (χ2v) is 7.58. The van der Waals surface area contributed by atoms with Crippen LogP contribution in [-0.2, 0) is 0 Å². The molecule has 3 aromatic rings. The smallest absolute Gasteiger partial charge is 0.254 e. The van der Waals surface area contributed by atoms with Gasteiger partial charge in [-0.3, -0.25) is 4.79 Å². The average Bonchev–Trinajstić information content (AvgIpc) is 2.83. The fourth-order valence-electron chi connectivity index (χ4n) is 3.51. The van der Waals surface area contributed by atoms with Gasteiger partial charge in [-0.1, -0.05) is 35.6 Å². The number of piperazine rings is 1. The summed E-state index contributed by atoms with van der Waals surface area (Å²) in [6.07, 6.45) is 1.79. The number of rotatable bonds is 3. The summed E-state index contributed by atoms with van der Waals surface area (Å²) in [5.41, 5.74) is 2.07. The number of pyridine rings is 1. The van der Waals surface area contributed by atoms with Crippen LogP contribution >= 0.6 is 11.6 Å². The first kappa shape index (κ1) is 20.8. The third kappa shape index (κ3) is 4.99. The number of aromatic nitrogens is 1. The molecule has 0 atom stereocenters. The van der Waals surface area contributed by atoms with Crippen LogP contribution in [-0.4, -0.2) is 49.1 Å². The van der Waals surface area contributed by atoms with E-state index in [-0.39, 0.29) is 5.91 Å². The van der Waals surface area contributed by atoms with Gasteiger partial charge in [-0.2, -0.15) is 0 Å². The van der Waals surface area contributed by atoms with E-state index < -0.39 is 0 Å². The second-order valence-electron chi connectivity index (χ2n) is 7.14. The van der Waals surface area contributed by atoms with Crippen molar-refractivity contribution in [2.24, 2.45) is 0 Å². The summed E-state index contributed by atoms with van der Waals surface area (Å²) >= 11 is 6.04. The van der Waals surface area contributed by atoms with Crippen LogP contribution in [0.3, 0.4) is 0 Å². The third-order valence-electron chi connectivity index (χ3n) is 5.15. The molecule has 2 heterocycles. The van der Waals surface area contributed by atoms with Crippen molar-refractivity contribution in [1.29, 1.82) is 0 Å². The van der Waals surface area contributed by atoms with E-state index in [1.165, 1.54) is 0 Å². The molecule has 1 aliphatic heterocycles. The molecule has 156 valence electrons. The molecule has 5 nitrogen and oxygen atoms in total. The number of hydrogen-bond acceptors (Lipinski definition) is 4. The molecule has 2 aromatic carbocycles. The summed E-state index contributed by atoms with van der Waals surface area (Å²) in [7, 11) is 1.60. The molecule has 0 spiro atoms. The maximum atomic E-state index is 13.1. The molecule has 1 fully saturated rings. The number of carbonyl (C=O) groups excluding carboxylic acids is 1. The lowest BCUT2D eigenvalue weighted by molar-refractivity contribution is 0.0746. The number of nitrogens with zero attached hydrogens (tertiary/aromatic N) is 3. The summed E-state index contributed by atoms with van der Waals surface area (Å²) < 4.78 is 5.43. The van der Waals surface area contributed by atoms with Crippen LogP contribution in [0.1, 0.15) is 21.5 Å². The highest BCUT2D eigenvalue weighted by Crippen LogP contribution is 2.21. The monoisotopic (exact) mass is 431 g/mol. The van der Waals surface area contributed by atoms with Gasteiger partial charge in [0.15, 0.2) is 0 Å². The number of methoxy groups -OCH3 is 1. The Morgan fingerprint density at radius 3 is 2.55 bits per heavy atom. The Morgan fingerprint density at radius 1 is 1.00 bits per heavy atom. The van der Waals surface area contributed by atoms with Crippen molar-refractivity contribution in [2.45, 2.75) is 0 Å². The van der Waals surface area contributed by atoms with E-state index in [1.54, 1.807) is 43.6 Å². The lowest BCUT2D eigenvalue weighted by Crippen LogP contribution is -2.49. The van der Waals surface area contributed by atoms with Crippen LogP contribution < -0.4 is 9.64 Å². The van der Waals surface area contributed by atoms with Crippen LogP contribution in [0, 0.1) is 11.8 Å². The lowest BCUT2D eigenvalue weighted by atomic mass is 10.1. The molecule has 1 aromatic heterocycles. The number of anilines is 1. The van der Waals surface area contributed by atoms with Gasteiger partial charge < -0.3 is 14.5 Å². The molecule has 1 aliphatic rings. The van der Waals surface area contributed by atoms with Crippen LogP contribution in [0.4, 0.5) is 5.82 Å². The predicted octanol–water partition coefficient (Wildman–Crippen LogP) is 4.11. The van der Waals surface area contributed by atoms with E-state index >= 15 is 0 Å². The van der Waals surface area contributed by atoms with Crippen molar-refractivity contribution >= 4 is 23.3 Å². The van der Waals surface area contributed by atoms with Crippen LogP contribution in [0.25, 0.3) is 0 Å². The minimum absolute atomic E-state index is 0.00544. The zero-order valence-electron chi connectivity index (χ0n) is 17.2. The Labute approximate surface area is 187 Å². The van der Waals surface area contributed by atoms with E-state index in [9.17, 15) is 4.79 Å². The SMILES string of the molecule is COc1ccc(C(=O)N2CCN(c3ccccn3)CC2)cc1C#Cc1cccc(Cl)c1. The third-order valence-corrected chi connectivity index (χ3v) is 5.39. The molecule has 1 amide bonds. The minimum atomic E-state index is -0.00544. The van der Waals surface area contributed by atoms with Crippen molar-refractivity contribution in [3.63, 3.8) is 0 Å². The average molecular weight is 432 g/mol. The number of benzene rings is 2. The zero-order valence-corrected chi connectivity index (χ0v) is 18.0. The largest absolute Gasteiger partial charge is 0.495 e. The van der Waals surface area contributed by atoms with Gasteiger partial charge >= 0.3 is 0 Å². The number of hydrogen-bond donors (Lipinski definition) is 0. The van der Waals surface area contributed by atoms with Crippen LogP contribution in [0.2, 0.25) is 5.02 Å². The molecule has 0 N–H and O–H groups in total. The van der Waals surface area contributed by atoms with Crippen LogP contribution in [0.15, 0.2) is 66.9 Å². The lowest BCUT2D eigenvalue weighted by Gasteiger charge is -2.35. The van der Waals surface area contributed by atoms with Crippen molar-refractivity contribution < 1.29 is 9.53 Å². The van der Waals surface area contributed by atoms with Gasteiger partial charge in [0.2, 0.25) is 0 Å². The second kappa shape index (κ2) is 9.55. The highest BCUT2D eigenvalue weighted by Gasteiger charge is 2.23. The van der Waals surface area contributed by atoms with Crippen LogP contribution in [0.5, 0.6) is 5.75 Å². The first-order chi connectivity index (χ1) is 15.1. The van der Waals surface area contributed by atoms with Gasteiger partial charge in [-0.15, -0.1) is 0 Å². The molecule has 6 heteroatoms. The quantitative estimate of drug-likeness (QED) is 0.585. The maximum Gasteiger partial charge on any atom is 0.254 e. The molecule has 0 bridgehead atoms. The van der Waals surface area contributed by atoms with Crippen molar-refractivity contribution in [1.82, 2.24) is 9.88 Å². The summed E-state index contributed by atoms with van der Waals surface area (Å²) in [6, 6.07) is 18.6. The molecule has 0 unspecified atom stereocenters. The van der Waals surface area contributed by atoms with Crippen molar-refractivity contribution in [3.05, 3.63) is 88.6 Å². The molecule has 0 radical (unpaired) electrons. The van der Waals surface area contributed by atoms with E-state index in [0.717, 1.165) is 24.5 Å². The summed E-state index contributed by atoms with van der Waals surface area (Å²) in [4.78, 5) is 21.6. The minimum Gasteiger partial charge on any atom is -0.495 e.